The minimum atomic E-state index is -4.66. The zero-order valence-corrected chi connectivity index (χ0v) is 68.2. The molecule has 40 heteroatoms. The zero-order chi connectivity index (χ0) is 85.4. The lowest BCUT2D eigenvalue weighted by atomic mass is 9.39. The van der Waals surface area contributed by atoms with Crippen molar-refractivity contribution < 1.29 is 109 Å². The van der Waals surface area contributed by atoms with Gasteiger partial charge in [0, 0.05) is 80.0 Å². The molecule has 7 amide bonds. The van der Waals surface area contributed by atoms with E-state index in [1.54, 1.807) is 38.2 Å². The molecular formula is C79H94N14O23S3. The molecule has 10 atom stereocenters. The van der Waals surface area contributed by atoms with E-state index in [9.17, 15) is 94.6 Å². The van der Waals surface area contributed by atoms with Gasteiger partial charge in [0.25, 0.3) is 38.0 Å². The van der Waals surface area contributed by atoms with Crippen LogP contribution in [0.15, 0.2) is 104 Å². The molecule has 0 radical (unpaired) electrons. The summed E-state index contributed by atoms with van der Waals surface area (Å²) in [7, 11) is -8.97. The number of amides is 7. The number of rotatable bonds is 34. The number of ether oxygens (including phenoxy) is 3. The number of carboxylic acids is 2. The molecule has 4 aromatic heterocycles. The Morgan fingerprint density at radius 2 is 1.50 bits per heavy atom. The number of fused-ring (bicyclic) bond motifs is 2. The number of benzene rings is 3. The average Bonchev–Trinajstić information content (AvgIpc) is 1.69. The highest BCUT2D eigenvalue weighted by Gasteiger charge is 2.66. The van der Waals surface area contributed by atoms with Crippen LogP contribution >= 0.6 is 11.3 Å². The van der Waals surface area contributed by atoms with Gasteiger partial charge in [0.05, 0.1) is 64.9 Å². The molecule has 2 unspecified atom stereocenters. The lowest BCUT2D eigenvalue weighted by molar-refractivity contribution is -0.248. The molecule has 4 bridgehead atoms. The van der Waals surface area contributed by atoms with Gasteiger partial charge < -0.3 is 65.5 Å². The van der Waals surface area contributed by atoms with Gasteiger partial charge in [0.1, 0.15) is 48.5 Å². The van der Waals surface area contributed by atoms with Crippen LogP contribution in [-0.2, 0) is 102 Å². The van der Waals surface area contributed by atoms with Crippen molar-refractivity contribution in [3.63, 3.8) is 0 Å². The van der Waals surface area contributed by atoms with Crippen LogP contribution in [0.5, 0.6) is 0 Å². The fourth-order valence-electron chi connectivity index (χ4n) is 18.7. The molecule has 7 aromatic rings. The molecule has 4 saturated carbocycles. The number of aromatic nitrogens is 7. The van der Waals surface area contributed by atoms with E-state index in [2.05, 4.69) is 50.4 Å². The van der Waals surface area contributed by atoms with Gasteiger partial charge in [0.2, 0.25) is 17.7 Å². The first-order valence-corrected chi connectivity index (χ1v) is 42.9. The normalized spacial score (nSPS) is 24.1. The van der Waals surface area contributed by atoms with Crippen LogP contribution in [0.2, 0.25) is 0 Å². The largest absolute Gasteiger partial charge is 0.479 e. The maximum Gasteiger partial charge on any atom is 0.410 e. The Morgan fingerprint density at radius 3 is 2.20 bits per heavy atom. The Bertz CT molecular complexity index is 5310. The fraction of sp³-hybridized carbons (Fsp3) is 0.494. The van der Waals surface area contributed by atoms with Crippen LogP contribution in [0.3, 0.4) is 0 Å². The molecule has 1 saturated heterocycles. The number of carbonyl (C=O) groups is 9. The first kappa shape index (κ1) is 86.3. The summed E-state index contributed by atoms with van der Waals surface area (Å²) in [6.07, 6.45) is 0.598. The topological polar surface area (TPSA) is 523 Å². The van der Waals surface area contributed by atoms with Crippen LogP contribution < -0.4 is 26.2 Å². The Morgan fingerprint density at radius 1 is 0.773 bits per heavy atom. The van der Waals surface area contributed by atoms with E-state index >= 15 is 0 Å². The Labute approximate surface area is 687 Å². The number of hydrogen-bond acceptors (Lipinski definition) is 26. The number of thiazole rings is 1. The Hall–Kier alpha value is -10.6. The number of carboxylic acid groups (broad SMARTS) is 2. The second-order valence-corrected chi connectivity index (χ2v) is 37.2. The third kappa shape index (κ3) is 20.2. The van der Waals surface area contributed by atoms with E-state index in [4.69, 9.17) is 24.3 Å². The predicted octanol–water partition coefficient (Wildman–Crippen LogP) is 5.11. The van der Waals surface area contributed by atoms with Crippen LogP contribution in [0.25, 0.3) is 21.3 Å². The molecule has 14 rings (SSSR count). The predicted molar refractivity (Wildman–Crippen MR) is 426 cm³/mol. The number of pyridine rings is 1. The molecule has 636 valence electrons. The van der Waals surface area contributed by atoms with Crippen LogP contribution in [0.4, 0.5) is 21.4 Å². The summed E-state index contributed by atoms with van der Waals surface area (Å²) < 4.78 is 88.9. The number of aliphatic hydroxyl groups is 3. The molecule has 119 heavy (non-hydrogen) atoms. The van der Waals surface area contributed by atoms with Gasteiger partial charge in [-0.15, -0.1) is 5.10 Å². The molecule has 7 aliphatic rings. The second kappa shape index (κ2) is 34.6. The standard InChI is InChI=1S/C79H94N14O23S3/c1-44(2)63(85-60(94)31-56(93-61(95)20-21-62(93)96)55-35-91(88-87-55)23-9-28-118(108,109)110)71(102)81-45(3)69(100)82-50-16-14-48(47(30-50)15-18-57-65(97)66(98)67(99)68(116-57)73(105)106)36-114-75(107)89(26-29-119(111,112)113)25-27-115-79-40-76(4)37-77(5,41-79)39-78(38-76,42-79)43-92-33-49(32-80-92)51-17-19-59(84-64(51)72(103)104)90-24-22-46-10-8-11-52(53(46)34-90)70(101)86-74-83-54-12-6-7-13-58(54)117-74/h6-8,10-14,16-17,19-21,30,32-33,35,44-45,56-57,63,65-68,97-99H,9,15,18,22-29,31,34,36-43H2,1-5H3,(H,81,102)(H,82,100)(H,85,94)(H,103,104)(H,105,106)(H,83,86,101)(H,108,109,110)(H,111,112,113)/t45-,56+,57-,63-,65-,66+,67-,68-,76?,77?,78?,79?/m0/s1. The number of aliphatic carboxylic acids is 1. The monoisotopic (exact) mass is 1700 g/mol. The van der Waals surface area contributed by atoms with Gasteiger partial charge in [-0.3, -0.25) is 57.5 Å². The summed E-state index contributed by atoms with van der Waals surface area (Å²) in [5.41, 5.74) is 2.89. The molecule has 11 N–H and O–H groups in total. The minimum Gasteiger partial charge on any atom is -0.479 e. The molecule has 3 aliphatic heterocycles. The van der Waals surface area contributed by atoms with Crippen molar-refractivity contribution in [2.45, 2.75) is 186 Å². The summed E-state index contributed by atoms with van der Waals surface area (Å²) in [5.74, 6) is -8.88. The number of nitrogens with one attached hydrogen (secondary N) is 4. The van der Waals surface area contributed by atoms with E-state index in [1.807, 2.05) is 52.2 Å². The number of aromatic carboxylic acids is 1. The molecule has 0 spiro atoms. The van der Waals surface area contributed by atoms with Gasteiger partial charge in [-0.2, -0.15) is 21.9 Å². The van der Waals surface area contributed by atoms with Crippen molar-refractivity contribution in [2.75, 3.05) is 53.3 Å². The highest BCUT2D eigenvalue weighted by atomic mass is 32.2. The number of aryl methyl sites for hydroxylation is 2. The number of imide groups is 1. The number of para-hydroxylation sites is 1. The van der Waals surface area contributed by atoms with Gasteiger partial charge >= 0.3 is 18.0 Å². The molecular weight excluding hydrogens is 1610 g/mol. The van der Waals surface area contributed by atoms with Crippen molar-refractivity contribution >= 4 is 112 Å². The highest BCUT2D eigenvalue weighted by Crippen LogP contribution is 2.72. The van der Waals surface area contributed by atoms with Gasteiger partial charge in [0.15, 0.2) is 16.9 Å². The van der Waals surface area contributed by atoms with E-state index in [-0.39, 0.29) is 83.7 Å². The maximum absolute atomic E-state index is 14.4. The van der Waals surface area contributed by atoms with E-state index < -0.39 is 159 Å². The number of hydrogen-bond donors (Lipinski definition) is 11. The van der Waals surface area contributed by atoms with Gasteiger partial charge in [-0.05, 0) is 158 Å². The van der Waals surface area contributed by atoms with E-state index in [0.29, 0.717) is 78.5 Å². The van der Waals surface area contributed by atoms with E-state index in [1.165, 1.54) is 47.3 Å². The quantitative estimate of drug-likeness (QED) is 0.0184. The summed E-state index contributed by atoms with van der Waals surface area (Å²) in [4.78, 5) is 134. The van der Waals surface area contributed by atoms with Crippen LogP contribution in [0, 0.1) is 22.2 Å². The number of aliphatic hydroxyl groups excluding tert-OH is 3. The number of anilines is 3. The fourth-order valence-corrected chi connectivity index (χ4v) is 20.5. The summed E-state index contributed by atoms with van der Waals surface area (Å²) in [6.45, 7) is 8.86. The molecule has 5 fully saturated rings. The second-order valence-electron chi connectivity index (χ2n) is 33.0. The van der Waals surface area contributed by atoms with E-state index in [0.717, 1.165) is 62.6 Å². The number of nitrogens with zero attached hydrogens (tertiary/aromatic N) is 10. The molecule has 37 nitrogen and oxygen atoms in total. The summed E-state index contributed by atoms with van der Waals surface area (Å²) in [6, 6.07) is 17.0. The van der Waals surface area contributed by atoms with Gasteiger partial charge in [-0.1, -0.05) is 74.6 Å². The highest BCUT2D eigenvalue weighted by molar-refractivity contribution is 7.86. The Kier molecular flexibility index (Phi) is 25.1. The van der Waals surface area contributed by atoms with Crippen LogP contribution in [0.1, 0.15) is 147 Å². The lowest BCUT2D eigenvalue weighted by Crippen LogP contribution is -2.64. The first-order chi connectivity index (χ1) is 56.2. The van der Waals surface area contributed by atoms with Crippen molar-refractivity contribution in [3.05, 3.63) is 143 Å². The molecule has 7 heterocycles. The zero-order valence-electron chi connectivity index (χ0n) is 65.7. The third-order valence-corrected chi connectivity index (χ3v) is 25.4. The maximum atomic E-state index is 14.4. The minimum absolute atomic E-state index is 0.0350. The van der Waals surface area contributed by atoms with Crippen molar-refractivity contribution in [1.82, 2.24) is 55.2 Å². The summed E-state index contributed by atoms with van der Waals surface area (Å²) in [5, 5.41) is 76.8. The number of carbonyl (C=O) groups excluding carboxylic acids is 7. The average molecular weight is 1700 g/mol. The lowest BCUT2D eigenvalue weighted by Gasteiger charge is -2.69. The van der Waals surface area contributed by atoms with Crippen LogP contribution in [-0.4, -0.2) is 235 Å². The third-order valence-electron chi connectivity index (χ3n) is 22.9. The SMILES string of the molecule is CC(C)[C@H](NC(=O)C[C@H](c1cn(CCCS(=O)(=O)O)nn1)N1C(=O)C=CC1=O)C(=O)N[C@@H](C)C(=O)Nc1ccc(COC(=O)N(CCOC23CC4(C)CC(C)(CC(Cn5cc(-c6ccc(N7CCc8cccc(C(=O)Nc9nc%10ccccc%10s9)c8C7)nc6C(=O)O)cn5)(C4)C2)C3)CCS(=O)(=O)O)c(CC[C@@H]2O[C@H](C(=O)O)[C@@H](O)[C@H](O)[C@H]2O)c1. The molecule has 4 aliphatic carbocycles. The van der Waals surface area contributed by atoms with Crippen molar-refractivity contribution in [2.24, 2.45) is 22.2 Å². The van der Waals surface area contributed by atoms with Crippen molar-refractivity contribution in [1.29, 1.82) is 0 Å². The van der Waals surface area contributed by atoms with Gasteiger partial charge in [-0.25, -0.2) is 24.4 Å². The molecule has 3 aromatic carbocycles. The smallest absolute Gasteiger partial charge is 0.410 e. The first-order valence-electron chi connectivity index (χ1n) is 38.9. The summed E-state index contributed by atoms with van der Waals surface area (Å²) >= 11 is 1.38. The Balaban J connectivity index is 0.663. The van der Waals surface area contributed by atoms with Crippen molar-refractivity contribution in [3.8, 4) is 11.1 Å².